The van der Waals surface area contributed by atoms with E-state index in [-0.39, 0.29) is 42.5 Å². The van der Waals surface area contributed by atoms with Gasteiger partial charge in [-0.1, -0.05) is 0 Å². The molecule has 2 saturated heterocycles. The Morgan fingerprint density at radius 1 is 1.00 bits per heavy atom. The van der Waals surface area contributed by atoms with Gasteiger partial charge in [0, 0.05) is 39.3 Å². The average molecular weight is 483 g/mol. The maximum absolute atomic E-state index is 12.1. The fourth-order valence-electron chi connectivity index (χ4n) is 2.61. The topological polar surface area (TPSA) is 101 Å². The molecule has 9 nitrogen and oxygen atoms in total. The summed E-state index contributed by atoms with van der Waals surface area (Å²) in [6.45, 7) is 10.1. The van der Waals surface area contributed by atoms with Crippen LogP contribution in [-0.2, 0) is 14.3 Å². The van der Waals surface area contributed by atoms with Crippen molar-refractivity contribution in [3.63, 3.8) is 0 Å². The van der Waals surface area contributed by atoms with Crippen LogP contribution in [0.1, 0.15) is 20.8 Å². The molecule has 0 aromatic rings. The molecule has 2 aliphatic rings. The fourth-order valence-corrected chi connectivity index (χ4v) is 2.61. The van der Waals surface area contributed by atoms with Crippen molar-refractivity contribution in [1.29, 1.82) is 0 Å². The van der Waals surface area contributed by atoms with Crippen LogP contribution >= 0.6 is 24.0 Å². The van der Waals surface area contributed by atoms with Gasteiger partial charge in [0.1, 0.15) is 12.1 Å². The van der Waals surface area contributed by atoms with Crippen LogP contribution < -0.4 is 5.73 Å². The summed E-state index contributed by atoms with van der Waals surface area (Å²) in [5.74, 6) is 0.295. The van der Waals surface area contributed by atoms with E-state index >= 15 is 0 Å². The molecular formula is C16H30IN5O4. The monoisotopic (exact) mass is 483 g/mol. The SMILES string of the molecule is CC(C)(C)OC(=O)N1CCN(C(N)=NCC(=O)N2CCOCC2)CC1.I. The Balaban J connectivity index is 0.00000338. The third kappa shape index (κ3) is 7.14. The molecule has 2 rings (SSSR count). The molecule has 150 valence electrons. The lowest BCUT2D eigenvalue weighted by molar-refractivity contribution is -0.133. The first-order chi connectivity index (χ1) is 11.8. The molecule has 2 amide bonds. The molecule has 2 fully saturated rings. The van der Waals surface area contributed by atoms with Crippen molar-refractivity contribution >= 4 is 41.9 Å². The number of morpholine rings is 1. The lowest BCUT2D eigenvalue weighted by Gasteiger charge is -2.36. The highest BCUT2D eigenvalue weighted by molar-refractivity contribution is 14.0. The van der Waals surface area contributed by atoms with Crippen LogP contribution in [0.4, 0.5) is 4.79 Å². The highest BCUT2D eigenvalue weighted by Crippen LogP contribution is 2.11. The van der Waals surface area contributed by atoms with Gasteiger partial charge in [-0.3, -0.25) is 4.79 Å². The van der Waals surface area contributed by atoms with Crippen LogP contribution in [0.25, 0.3) is 0 Å². The zero-order valence-corrected chi connectivity index (χ0v) is 18.1. The molecule has 0 aliphatic carbocycles. The largest absolute Gasteiger partial charge is 0.444 e. The zero-order chi connectivity index (χ0) is 18.4. The molecular weight excluding hydrogens is 453 g/mol. The summed E-state index contributed by atoms with van der Waals surface area (Å²) in [4.78, 5) is 33.6. The number of halogens is 1. The van der Waals surface area contributed by atoms with Gasteiger partial charge >= 0.3 is 6.09 Å². The van der Waals surface area contributed by atoms with Crippen molar-refractivity contribution < 1.29 is 19.1 Å². The summed E-state index contributed by atoms with van der Waals surface area (Å²) in [5, 5.41) is 0. The van der Waals surface area contributed by atoms with Gasteiger partial charge in [0.25, 0.3) is 0 Å². The predicted molar refractivity (Wildman–Crippen MR) is 109 cm³/mol. The molecule has 0 spiro atoms. The van der Waals surface area contributed by atoms with E-state index in [1.165, 1.54) is 0 Å². The molecule has 10 heteroatoms. The fraction of sp³-hybridized carbons (Fsp3) is 0.812. The van der Waals surface area contributed by atoms with Gasteiger partial charge in [-0.15, -0.1) is 24.0 Å². The summed E-state index contributed by atoms with van der Waals surface area (Å²) in [6.07, 6.45) is -0.315. The van der Waals surface area contributed by atoms with E-state index in [2.05, 4.69) is 4.99 Å². The highest BCUT2D eigenvalue weighted by Gasteiger charge is 2.26. The van der Waals surface area contributed by atoms with Crippen molar-refractivity contribution in [1.82, 2.24) is 14.7 Å². The number of hydrogen-bond acceptors (Lipinski definition) is 5. The average Bonchev–Trinajstić information content (AvgIpc) is 2.58. The predicted octanol–water partition coefficient (Wildman–Crippen LogP) is 0.331. The van der Waals surface area contributed by atoms with Gasteiger partial charge in [0.05, 0.1) is 13.2 Å². The highest BCUT2D eigenvalue weighted by atomic mass is 127. The van der Waals surface area contributed by atoms with E-state index in [1.54, 1.807) is 9.80 Å². The van der Waals surface area contributed by atoms with Crippen molar-refractivity contribution in [3.05, 3.63) is 0 Å². The molecule has 2 heterocycles. The minimum absolute atomic E-state index is 0. The lowest BCUT2D eigenvalue weighted by Crippen LogP contribution is -2.53. The molecule has 0 radical (unpaired) electrons. The number of nitrogens with zero attached hydrogens (tertiary/aromatic N) is 4. The third-order valence-corrected chi connectivity index (χ3v) is 4.00. The van der Waals surface area contributed by atoms with Gasteiger partial charge < -0.3 is 29.9 Å². The number of ether oxygens (including phenoxy) is 2. The Labute approximate surface area is 171 Å². The maximum atomic E-state index is 12.1. The molecule has 26 heavy (non-hydrogen) atoms. The summed E-state index contributed by atoms with van der Waals surface area (Å²) in [6, 6.07) is 0. The normalized spacial score (nSPS) is 19.0. The van der Waals surface area contributed by atoms with E-state index in [9.17, 15) is 9.59 Å². The van der Waals surface area contributed by atoms with Crippen molar-refractivity contribution in [2.24, 2.45) is 10.7 Å². The molecule has 0 atom stereocenters. The Morgan fingerprint density at radius 3 is 2.08 bits per heavy atom. The van der Waals surface area contributed by atoms with Gasteiger partial charge in [0.15, 0.2) is 5.96 Å². The Kier molecular flexibility index (Phi) is 8.87. The van der Waals surface area contributed by atoms with Crippen LogP contribution in [0.2, 0.25) is 0 Å². The number of carbonyl (C=O) groups excluding carboxylic acids is 2. The second kappa shape index (κ2) is 10.1. The first kappa shape index (κ1) is 22.7. The van der Waals surface area contributed by atoms with Crippen molar-refractivity contribution in [2.45, 2.75) is 26.4 Å². The van der Waals surface area contributed by atoms with Gasteiger partial charge in [-0.25, -0.2) is 9.79 Å². The summed E-state index contributed by atoms with van der Waals surface area (Å²) >= 11 is 0. The summed E-state index contributed by atoms with van der Waals surface area (Å²) in [7, 11) is 0. The molecule has 0 aromatic heterocycles. The van der Waals surface area contributed by atoms with E-state index in [4.69, 9.17) is 15.2 Å². The number of aliphatic imine (C=N–C) groups is 1. The summed E-state index contributed by atoms with van der Waals surface area (Å²) < 4.78 is 10.6. The number of piperazine rings is 1. The van der Waals surface area contributed by atoms with Gasteiger partial charge in [-0.2, -0.15) is 0 Å². The molecule has 0 unspecified atom stereocenters. The molecule has 0 bridgehead atoms. The number of carbonyl (C=O) groups is 2. The minimum Gasteiger partial charge on any atom is -0.444 e. The van der Waals surface area contributed by atoms with Crippen LogP contribution in [0.5, 0.6) is 0 Å². The Morgan fingerprint density at radius 2 is 1.54 bits per heavy atom. The van der Waals surface area contributed by atoms with Crippen LogP contribution in [0, 0.1) is 0 Å². The standard InChI is InChI=1S/C16H29N5O4.HI/c1-16(2,3)25-15(23)21-6-4-20(5-7-21)14(17)18-12-13(22)19-8-10-24-11-9-19;/h4-12H2,1-3H3,(H2,17,18);1H. The van der Waals surface area contributed by atoms with Crippen LogP contribution in [-0.4, -0.2) is 97.3 Å². The molecule has 2 aliphatic heterocycles. The van der Waals surface area contributed by atoms with E-state index < -0.39 is 5.60 Å². The van der Waals surface area contributed by atoms with Gasteiger partial charge in [0.2, 0.25) is 5.91 Å². The van der Waals surface area contributed by atoms with E-state index in [0.29, 0.717) is 58.4 Å². The number of guanidine groups is 1. The quantitative estimate of drug-likeness (QED) is 0.345. The van der Waals surface area contributed by atoms with Crippen LogP contribution in [0.3, 0.4) is 0 Å². The van der Waals surface area contributed by atoms with Gasteiger partial charge in [-0.05, 0) is 20.8 Å². The third-order valence-electron chi connectivity index (χ3n) is 4.00. The number of amides is 2. The lowest BCUT2D eigenvalue weighted by atomic mass is 10.2. The second-order valence-electron chi connectivity index (χ2n) is 7.12. The van der Waals surface area contributed by atoms with E-state index in [1.807, 2.05) is 25.7 Å². The second-order valence-corrected chi connectivity index (χ2v) is 7.12. The van der Waals surface area contributed by atoms with Crippen molar-refractivity contribution in [3.8, 4) is 0 Å². The first-order valence-corrected chi connectivity index (χ1v) is 8.64. The zero-order valence-electron chi connectivity index (χ0n) is 15.8. The minimum atomic E-state index is -0.505. The Hall–Kier alpha value is -1.30. The Bertz CT molecular complexity index is 509. The van der Waals surface area contributed by atoms with Crippen molar-refractivity contribution in [2.75, 3.05) is 59.0 Å². The molecule has 2 N–H and O–H groups in total. The first-order valence-electron chi connectivity index (χ1n) is 8.64. The maximum Gasteiger partial charge on any atom is 0.410 e. The molecule has 0 aromatic carbocycles. The number of rotatable bonds is 2. The number of nitrogens with two attached hydrogens (primary N) is 1. The molecule has 0 saturated carbocycles. The smallest absolute Gasteiger partial charge is 0.410 e. The summed E-state index contributed by atoms with van der Waals surface area (Å²) in [5.41, 5.74) is 5.49. The number of hydrogen-bond donors (Lipinski definition) is 1. The van der Waals surface area contributed by atoms with Crippen LogP contribution in [0.15, 0.2) is 4.99 Å². The van der Waals surface area contributed by atoms with E-state index in [0.717, 1.165) is 0 Å².